The highest BCUT2D eigenvalue weighted by Gasteiger charge is 2.16. The Labute approximate surface area is 160 Å². The average Bonchev–Trinajstić information content (AvgIpc) is 3.22. The molecule has 0 N–H and O–H groups in total. The number of benzene rings is 1. The van der Waals surface area contributed by atoms with Crippen molar-refractivity contribution in [3.8, 4) is 11.4 Å². The summed E-state index contributed by atoms with van der Waals surface area (Å²) in [6.45, 7) is 5.09. The van der Waals surface area contributed by atoms with Gasteiger partial charge in [-0.2, -0.15) is 0 Å². The van der Waals surface area contributed by atoms with E-state index in [1.165, 1.54) is 22.7 Å². The van der Waals surface area contributed by atoms with E-state index in [0.29, 0.717) is 16.3 Å². The number of nitrogens with zero attached hydrogens (tertiary/aromatic N) is 3. The molecule has 0 aliphatic carbocycles. The summed E-state index contributed by atoms with van der Waals surface area (Å²) in [4.78, 5) is 1.33. The minimum Gasteiger partial charge on any atom is -0.302 e. The van der Waals surface area contributed by atoms with Gasteiger partial charge in [-0.25, -0.2) is 4.39 Å². The highest BCUT2D eigenvalue weighted by atomic mass is 35.5. The molecule has 2 heterocycles. The summed E-state index contributed by atoms with van der Waals surface area (Å²) in [6.07, 6.45) is 1.99. The molecule has 0 fully saturated rings. The molecule has 0 spiro atoms. The van der Waals surface area contributed by atoms with Gasteiger partial charge in [-0.3, -0.25) is 0 Å². The number of rotatable bonds is 7. The van der Waals surface area contributed by atoms with Crippen LogP contribution in [-0.4, -0.2) is 14.8 Å². The van der Waals surface area contributed by atoms with E-state index in [0.717, 1.165) is 35.9 Å². The van der Waals surface area contributed by atoms with E-state index in [1.54, 1.807) is 23.5 Å². The van der Waals surface area contributed by atoms with Crippen molar-refractivity contribution >= 4 is 34.7 Å². The van der Waals surface area contributed by atoms with Crippen LogP contribution in [0.2, 0.25) is 5.02 Å². The summed E-state index contributed by atoms with van der Waals surface area (Å²) in [6, 6.07) is 6.93. The van der Waals surface area contributed by atoms with Crippen molar-refractivity contribution in [2.75, 3.05) is 0 Å². The van der Waals surface area contributed by atoms with Gasteiger partial charge >= 0.3 is 0 Å². The number of aromatic nitrogens is 3. The fourth-order valence-corrected chi connectivity index (χ4v) is 4.65. The van der Waals surface area contributed by atoms with E-state index in [4.69, 9.17) is 11.6 Å². The largest absolute Gasteiger partial charge is 0.302 e. The van der Waals surface area contributed by atoms with Crippen molar-refractivity contribution < 1.29 is 4.39 Å². The molecule has 0 saturated heterocycles. The van der Waals surface area contributed by atoms with E-state index < -0.39 is 0 Å². The molecule has 0 aliphatic heterocycles. The van der Waals surface area contributed by atoms with Gasteiger partial charge in [0.25, 0.3) is 0 Å². The quantitative estimate of drug-likeness (QED) is 0.455. The van der Waals surface area contributed by atoms with Gasteiger partial charge in [-0.15, -0.1) is 21.5 Å². The average molecular weight is 396 g/mol. The number of halogens is 2. The molecule has 0 atom stereocenters. The summed E-state index contributed by atoms with van der Waals surface area (Å²) >= 11 is 9.33. The molecule has 132 valence electrons. The van der Waals surface area contributed by atoms with Crippen LogP contribution in [0.5, 0.6) is 0 Å². The van der Waals surface area contributed by atoms with E-state index in [1.807, 2.05) is 0 Å². The third kappa shape index (κ3) is 4.07. The van der Waals surface area contributed by atoms with Gasteiger partial charge in [0.05, 0.1) is 0 Å². The molecule has 3 aromatic rings. The standard InChI is InChI=1S/C18H19ClFN3S2/c1-3-8-23-17(12-9-13(4-2)24-10-12)21-22-18(23)25-11-14-15(19)6-5-7-16(14)20/h5-7,9-10H,3-4,8,11H2,1-2H3. The lowest BCUT2D eigenvalue weighted by Gasteiger charge is -2.09. The first-order valence-corrected chi connectivity index (χ1v) is 10.4. The van der Waals surface area contributed by atoms with Gasteiger partial charge in [-0.1, -0.05) is 43.3 Å². The van der Waals surface area contributed by atoms with E-state index in [9.17, 15) is 4.39 Å². The summed E-state index contributed by atoms with van der Waals surface area (Å²) < 4.78 is 16.1. The Morgan fingerprint density at radius 3 is 2.80 bits per heavy atom. The van der Waals surface area contributed by atoms with E-state index in [-0.39, 0.29) is 5.82 Å². The molecular formula is C18H19ClFN3S2. The molecule has 3 nitrogen and oxygen atoms in total. The predicted molar refractivity (Wildman–Crippen MR) is 104 cm³/mol. The second-order valence-corrected chi connectivity index (χ2v) is 7.95. The fourth-order valence-electron chi connectivity index (χ4n) is 2.52. The van der Waals surface area contributed by atoms with Crippen molar-refractivity contribution in [2.24, 2.45) is 0 Å². The van der Waals surface area contributed by atoms with Crippen LogP contribution in [-0.2, 0) is 18.7 Å². The summed E-state index contributed by atoms with van der Waals surface area (Å²) in [5, 5.41) is 12.1. The van der Waals surface area contributed by atoms with E-state index in [2.05, 4.69) is 40.1 Å². The third-order valence-corrected chi connectivity index (χ3v) is 6.26. The Balaban J connectivity index is 1.86. The molecule has 0 aliphatic rings. The van der Waals surface area contributed by atoms with Gasteiger partial charge in [-0.05, 0) is 31.0 Å². The second-order valence-electron chi connectivity index (χ2n) is 5.60. The molecule has 25 heavy (non-hydrogen) atoms. The Hall–Kier alpha value is -1.37. The third-order valence-electron chi connectivity index (χ3n) is 3.83. The fraction of sp³-hybridized carbons (Fsp3) is 0.333. The number of thioether (sulfide) groups is 1. The highest BCUT2D eigenvalue weighted by molar-refractivity contribution is 7.98. The number of hydrogen-bond acceptors (Lipinski definition) is 4. The smallest absolute Gasteiger partial charge is 0.191 e. The molecular weight excluding hydrogens is 377 g/mol. The molecule has 3 rings (SSSR count). The second kappa shape index (κ2) is 8.34. The monoisotopic (exact) mass is 395 g/mol. The molecule has 0 amide bonds. The maximum Gasteiger partial charge on any atom is 0.191 e. The minimum absolute atomic E-state index is 0.285. The van der Waals surface area contributed by atoms with Crippen LogP contribution in [0, 0.1) is 5.82 Å². The minimum atomic E-state index is -0.285. The van der Waals surface area contributed by atoms with Gasteiger partial charge in [0.15, 0.2) is 11.0 Å². The Morgan fingerprint density at radius 2 is 2.12 bits per heavy atom. The Bertz CT molecular complexity index is 840. The summed E-state index contributed by atoms with van der Waals surface area (Å²) in [5.74, 6) is 1.02. The van der Waals surface area contributed by atoms with Crippen molar-refractivity contribution in [1.82, 2.24) is 14.8 Å². The van der Waals surface area contributed by atoms with Crippen molar-refractivity contribution in [3.63, 3.8) is 0 Å². The van der Waals surface area contributed by atoms with Gasteiger partial charge < -0.3 is 4.57 Å². The lowest BCUT2D eigenvalue weighted by molar-refractivity contribution is 0.615. The van der Waals surface area contributed by atoms with Gasteiger partial charge in [0.2, 0.25) is 0 Å². The number of aryl methyl sites for hydroxylation is 1. The topological polar surface area (TPSA) is 30.7 Å². The van der Waals surface area contributed by atoms with Crippen LogP contribution < -0.4 is 0 Å². The first kappa shape index (κ1) is 18.4. The highest BCUT2D eigenvalue weighted by Crippen LogP contribution is 2.31. The number of thiophene rings is 1. The first-order valence-electron chi connectivity index (χ1n) is 8.20. The number of hydrogen-bond donors (Lipinski definition) is 0. The van der Waals surface area contributed by atoms with Crippen LogP contribution in [0.1, 0.15) is 30.7 Å². The lowest BCUT2D eigenvalue weighted by atomic mass is 10.2. The van der Waals surface area contributed by atoms with E-state index >= 15 is 0 Å². The predicted octanol–water partition coefficient (Wildman–Crippen LogP) is 6.06. The molecule has 7 heteroatoms. The Morgan fingerprint density at radius 1 is 1.28 bits per heavy atom. The van der Waals surface area contributed by atoms with Crippen LogP contribution >= 0.6 is 34.7 Å². The van der Waals surface area contributed by atoms with Gasteiger partial charge in [0, 0.05) is 38.7 Å². The zero-order chi connectivity index (χ0) is 17.8. The lowest BCUT2D eigenvalue weighted by Crippen LogP contribution is -2.02. The molecule has 0 radical (unpaired) electrons. The van der Waals surface area contributed by atoms with Crippen LogP contribution in [0.15, 0.2) is 34.8 Å². The zero-order valence-electron chi connectivity index (χ0n) is 14.1. The van der Waals surface area contributed by atoms with Crippen LogP contribution in [0.4, 0.5) is 4.39 Å². The maximum atomic E-state index is 14.0. The molecule has 0 unspecified atom stereocenters. The van der Waals surface area contributed by atoms with Crippen LogP contribution in [0.3, 0.4) is 0 Å². The normalized spacial score (nSPS) is 11.2. The van der Waals surface area contributed by atoms with Crippen LogP contribution in [0.25, 0.3) is 11.4 Å². The SMILES string of the molecule is CCCn1c(SCc2c(F)cccc2Cl)nnc1-c1csc(CC)c1. The molecule has 0 saturated carbocycles. The van der Waals surface area contributed by atoms with Gasteiger partial charge in [0.1, 0.15) is 5.82 Å². The maximum absolute atomic E-state index is 14.0. The Kier molecular flexibility index (Phi) is 6.15. The zero-order valence-corrected chi connectivity index (χ0v) is 16.5. The molecule has 1 aromatic carbocycles. The van der Waals surface area contributed by atoms with Crippen molar-refractivity contribution in [2.45, 2.75) is 44.1 Å². The first-order chi connectivity index (χ1) is 12.1. The molecule has 0 bridgehead atoms. The molecule has 2 aromatic heterocycles. The summed E-state index contributed by atoms with van der Waals surface area (Å²) in [7, 11) is 0. The van der Waals surface area contributed by atoms with Crippen molar-refractivity contribution in [1.29, 1.82) is 0 Å². The van der Waals surface area contributed by atoms with Crippen molar-refractivity contribution in [3.05, 3.63) is 50.9 Å². The summed E-state index contributed by atoms with van der Waals surface area (Å²) in [5.41, 5.74) is 1.60.